The van der Waals surface area contributed by atoms with Crippen LogP contribution in [0.4, 0.5) is 4.39 Å². The molecule has 0 aliphatic heterocycles. The lowest BCUT2D eigenvalue weighted by Crippen LogP contribution is -2.44. The molecular weight excluding hydrogens is 285 g/mol. The third kappa shape index (κ3) is 7.20. The molecule has 0 radical (unpaired) electrons. The zero-order valence-corrected chi connectivity index (χ0v) is 13.4. The summed E-state index contributed by atoms with van der Waals surface area (Å²) in [6.45, 7) is 5.56. The predicted molar refractivity (Wildman–Crippen MR) is 83.0 cm³/mol. The Morgan fingerprint density at radius 3 is 2.64 bits per heavy atom. The maximum absolute atomic E-state index is 13.1. The predicted octanol–water partition coefficient (Wildman–Crippen LogP) is 3.15. The van der Waals surface area contributed by atoms with Crippen molar-refractivity contribution < 1.29 is 19.1 Å². The summed E-state index contributed by atoms with van der Waals surface area (Å²) in [7, 11) is 0. The summed E-state index contributed by atoms with van der Waals surface area (Å²) in [6.07, 6.45) is 1.35. The van der Waals surface area contributed by atoms with Gasteiger partial charge in [0.2, 0.25) is 5.91 Å². The van der Waals surface area contributed by atoms with E-state index in [1.807, 2.05) is 26.8 Å². The Kier molecular flexibility index (Phi) is 6.53. The highest BCUT2D eigenvalue weighted by Gasteiger charge is 2.22. The molecular formula is C17H24FNO3. The van der Waals surface area contributed by atoms with Crippen LogP contribution in [0.25, 0.3) is 0 Å². The van der Waals surface area contributed by atoms with Crippen molar-refractivity contribution in [3.05, 3.63) is 35.6 Å². The number of carbonyl (C=O) groups excluding carboxylic acids is 1. The fraction of sp³-hybridized carbons (Fsp3) is 0.529. The van der Waals surface area contributed by atoms with Gasteiger partial charge in [-0.3, -0.25) is 9.59 Å². The van der Waals surface area contributed by atoms with Crippen LogP contribution >= 0.6 is 0 Å². The van der Waals surface area contributed by atoms with Crippen molar-refractivity contribution in [3.8, 4) is 0 Å². The number of carbonyl (C=O) groups is 2. The normalized spacial score (nSPS) is 12.7. The molecule has 0 fully saturated rings. The van der Waals surface area contributed by atoms with E-state index in [0.717, 1.165) is 5.56 Å². The van der Waals surface area contributed by atoms with E-state index in [2.05, 4.69) is 5.32 Å². The van der Waals surface area contributed by atoms with Gasteiger partial charge in [-0.15, -0.1) is 0 Å². The molecule has 1 unspecified atom stereocenters. The van der Waals surface area contributed by atoms with E-state index in [0.29, 0.717) is 19.3 Å². The number of hydrogen-bond acceptors (Lipinski definition) is 2. The lowest BCUT2D eigenvalue weighted by Gasteiger charge is -2.26. The average molecular weight is 309 g/mol. The molecule has 0 heterocycles. The molecule has 2 N–H and O–H groups in total. The fourth-order valence-electron chi connectivity index (χ4n) is 2.37. The number of aliphatic carboxylic acids is 1. The molecule has 1 atom stereocenters. The van der Waals surface area contributed by atoms with Crippen molar-refractivity contribution in [2.24, 2.45) is 5.92 Å². The number of amides is 1. The first-order chi connectivity index (χ1) is 10.2. The number of carboxylic acids is 1. The lowest BCUT2D eigenvalue weighted by atomic mass is 9.95. The first-order valence-electron chi connectivity index (χ1n) is 7.45. The number of carboxylic acid groups (broad SMARTS) is 1. The van der Waals surface area contributed by atoms with E-state index in [9.17, 15) is 14.0 Å². The Morgan fingerprint density at radius 2 is 2.05 bits per heavy atom. The van der Waals surface area contributed by atoms with Gasteiger partial charge in [-0.05, 0) is 50.3 Å². The molecule has 122 valence electrons. The van der Waals surface area contributed by atoms with E-state index < -0.39 is 11.5 Å². The maximum atomic E-state index is 13.1. The van der Waals surface area contributed by atoms with Gasteiger partial charge in [0.15, 0.2) is 0 Å². The molecule has 4 nitrogen and oxygen atoms in total. The molecule has 0 bridgehead atoms. The van der Waals surface area contributed by atoms with Gasteiger partial charge in [-0.1, -0.05) is 19.1 Å². The molecule has 0 aliphatic carbocycles. The highest BCUT2D eigenvalue weighted by atomic mass is 19.1. The molecule has 1 aromatic rings. The van der Waals surface area contributed by atoms with Crippen LogP contribution in [0.15, 0.2) is 24.3 Å². The summed E-state index contributed by atoms with van der Waals surface area (Å²) in [5.74, 6) is -1.18. The highest BCUT2D eigenvalue weighted by molar-refractivity contribution is 5.77. The Morgan fingerprint density at radius 1 is 1.36 bits per heavy atom. The maximum Gasteiger partial charge on any atom is 0.303 e. The Bertz CT molecular complexity index is 528. The molecule has 0 saturated heterocycles. The number of rotatable bonds is 8. The first-order valence-corrected chi connectivity index (χ1v) is 7.45. The quantitative estimate of drug-likeness (QED) is 0.775. The van der Waals surface area contributed by atoms with Crippen LogP contribution in [0.3, 0.4) is 0 Å². The zero-order valence-electron chi connectivity index (χ0n) is 13.4. The van der Waals surface area contributed by atoms with E-state index in [1.54, 1.807) is 6.07 Å². The SMILES string of the molecule is CC(CC(=O)NC(C)(C)CCC(=O)O)Cc1cccc(F)c1. The van der Waals surface area contributed by atoms with Crippen LogP contribution in [0.1, 0.15) is 45.6 Å². The average Bonchev–Trinajstić information content (AvgIpc) is 2.35. The summed E-state index contributed by atoms with van der Waals surface area (Å²) >= 11 is 0. The highest BCUT2D eigenvalue weighted by Crippen LogP contribution is 2.15. The van der Waals surface area contributed by atoms with Crippen LogP contribution in [0.2, 0.25) is 0 Å². The fourth-order valence-corrected chi connectivity index (χ4v) is 2.37. The number of hydrogen-bond donors (Lipinski definition) is 2. The van der Waals surface area contributed by atoms with E-state index in [-0.39, 0.29) is 24.1 Å². The van der Waals surface area contributed by atoms with Crippen LogP contribution in [0, 0.1) is 11.7 Å². The number of benzene rings is 1. The Balaban J connectivity index is 2.45. The Hall–Kier alpha value is -1.91. The van der Waals surface area contributed by atoms with Crippen molar-refractivity contribution in [2.75, 3.05) is 0 Å². The zero-order chi connectivity index (χ0) is 16.8. The molecule has 0 spiro atoms. The minimum atomic E-state index is -0.873. The largest absolute Gasteiger partial charge is 0.481 e. The second-order valence-corrected chi connectivity index (χ2v) is 6.47. The number of halogens is 1. The van der Waals surface area contributed by atoms with Crippen molar-refractivity contribution in [1.82, 2.24) is 5.32 Å². The van der Waals surface area contributed by atoms with E-state index in [1.165, 1.54) is 12.1 Å². The molecule has 0 aromatic heterocycles. The van der Waals surface area contributed by atoms with Gasteiger partial charge in [-0.2, -0.15) is 0 Å². The van der Waals surface area contributed by atoms with Crippen LogP contribution in [-0.4, -0.2) is 22.5 Å². The van der Waals surface area contributed by atoms with Crippen LogP contribution < -0.4 is 5.32 Å². The summed E-state index contributed by atoms with van der Waals surface area (Å²) in [5.41, 5.74) is 0.319. The molecule has 22 heavy (non-hydrogen) atoms. The van der Waals surface area contributed by atoms with E-state index >= 15 is 0 Å². The van der Waals surface area contributed by atoms with Gasteiger partial charge in [0.25, 0.3) is 0 Å². The lowest BCUT2D eigenvalue weighted by molar-refractivity contribution is -0.137. The van der Waals surface area contributed by atoms with Gasteiger partial charge in [0.05, 0.1) is 0 Å². The van der Waals surface area contributed by atoms with Gasteiger partial charge in [0, 0.05) is 18.4 Å². The smallest absolute Gasteiger partial charge is 0.303 e. The Labute approximate surface area is 130 Å². The number of nitrogens with one attached hydrogen (secondary N) is 1. The van der Waals surface area contributed by atoms with Gasteiger partial charge >= 0.3 is 5.97 Å². The van der Waals surface area contributed by atoms with Crippen molar-refractivity contribution in [2.45, 2.75) is 52.0 Å². The van der Waals surface area contributed by atoms with E-state index in [4.69, 9.17) is 5.11 Å². The molecule has 5 heteroatoms. The van der Waals surface area contributed by atoms with Crippen molar-refractivity contribution in [3.63, 3.8) is 0 Å². The third-order valence-corrected chi connectivity index (χ3v) is 3.45. The van der Waals surface area contributed by atoms with Crippen LogP contribution in [0.5, 0.6) is 0 Å². The van der Waals surface area contributed by atoms with Crippen LogP contribution in [-0.2, 0) is 16.0 Å². The monoisotopic (exact) mass is 309 g/mol. The minimum Gasteiger partial charge on any atom is -0.481 e. The van der Waals surface area contributed by atoms with Gasteiger partial charge < -0.3 is 10.4 Å². The second kappa shape index (κ2) is 7.92. The standard InChI is InChI=1S/C17H24FNO3/c1-12(9-13-5-4-6-14(18)11-13)10-15(20)19-17(2,3)8-7-16(21)22/h4-6,11-12H,7-10H2,1-3H3,(H,19,20)(H,21,22). The second-order valence-electron chi connectivity index (χ2n) is 6.47. The molecule has 1 amide bonds. The van der Waals surface area contributed by atoms with Crippen molar-refractivity contribution in [1.29, 1.82) is 0 Å². The third-order valence-electron chi connectivity index (χ3n) is 3.45. The van der Waals surface area contributed by atoms with Gasteiger partial charge in [-0.25, -0.2) is 4.39 Å². The summed E-state index contributed by atoms with van der Waals surface area (Å²) in [4.78, 5) is 22.6. The van der Waals surface area contributed by atoms with Crippen molar-refractivity contribution >= 4 is 11.9 Å². The molecule has 0 aliphatic rings. The van der Waals surface area contributed by atoms with Gasteiger partial charge in [0.1, 0.15) is 5.82 Å². The first kappa shape index (κ1) is 18.1. The molecule has 1 aromatic carbocycles. The topological polar surface area (TPSA) is 66.4 Å². The molecule has 1 rings (SSSR count). The summed E-state index contributed by atoms with van der Waals surface area (Å²) < 4.78 is 13.1. The summed E-state index contributed by atoms with van der Waals surface area (Å²) in [6, 6.07) is 6.37. The minimum absolute atomic E-state index is 0.0200. The summed E-state index contributed by atoms with van der Waals surface area (Å²) in [5, 5.41) is 11.6. The molecule has 0 saturated carbocycles.